The Kier molecular flexibility index (Phi) is 12.5. The molecule has 0 fully saturated rings. The molecule has 4 nitrogen and oxygen atoms in total. The van der Waals surface area contributed by atoms with E-state index in [1.807, 2.05) is 0 Å². The van der Waals surface area contributed by atoms with E-state index < -0.39 is 10.4 Å². The van der Waals surface area contributed by atoms with Crippen LogP contribution in [0.3, 0.4) is 0 Å². The highest BCUT2D eigenvalue weighted by molar-refractivity contribution is 7.80. The summed E-state index contributed by atoms with van der Waals surface area (Å²) in [6.07, 6.45) is 13.1. The van der Waals surface area contributed by atoms with Gasteiger partial charge in [-0.25, -0.2) is 4.18 Å². The molecule has 0 amide bonds. The van der Waals surface area contributed by atoms with E-state index >= 15 is 0 Å². The molecule has 0 aromatic rings. The largest absolute Gasteiger partial charge is 0.397 e. The first kappa shape index (κ1) is 19.9. The summed E-state index contributed by atoms with van der Waals surface area (Å²) in [6.45, 7) is 4.42. The summed E-state index contributed by atoms with van der Waals surface area (Å²) in [5.41, 5.74) is 0. The molecule has 1 N–H and O–H groups in total. The molecule has 0 bridgehead atoms. The van der Waals surface area contributed by atoms with Crippen LogP contribution in [0.15, 0.2) is 0 Å². The Balaban J connectivity index is 3.60. The molecule has 0 heterocycles. The van der Waals surface area contributed by atoms with Crippen molar-refractivity contribution in [2.45, 2.75) is 84.5 Å². The average Bonchev–Trinajstić information content (AvgIpc) is 2.38. The Hall–Kier alpha value is -0.130. The molecule has 20 heavy (non-hydrogen) atoms. The van der Waals surface area contributed by atoms with Crippen LogP contribution in [0, 0.1) is 5.92 Å². The maximum absolute atomic E-state index is 10.6. The van der Waals surface area contributed by atoms with Gasteiger partial charge < -0.3 is 0 Å². The molecule has 0 saturated heterocycles. The zero-order chi connectivity index (χ0) is 15.3. The molecule has 5 heteroatoms. The fraction of sp³-hybridized carbons (Fsp3) is 1.00. The molecule has 0 aliphatic carbocycles. The third kappa shape index (κ3) is 14.3. The predicted octanol–water partition coefficient (Wildman–Crippen LogP) is 4.75. The summed E-state index contributed by atoms with van der Waals surface area (Å²) in [5.74, 6) is 0.238. The third-order valence-corrected chi connectivity index (χ3v) is 4.05. The van der Waals surface area contributed by atoms with Crippen molar-refractivity contribution in [3.05, 3.63) is 0 Å². The van der Waals surface area contributed by atoms with Crippen LogP contribution >= 0.6 is 0 Å². The maximum Gasteiger partial charge on any atom is 0.397 e. The molecule has 0 aliphatic rings. The third-order valence-electron chi connectivity index (χ3n) is 3.62. The highest BCUT2D eigenvalue weighted by atomic mass is 32.3. The normalized spacial score (nSPS) is 13.6. The molecule has 0 aliphatic heterocycles. The number of hydrogen-bond acceptors (Lipinski definition) is 3. The van der Waals surface area contributed by atoms with Gasteiger partial charge in [-0.2, -0.15) is 8.42 Å². The van der Waals surface area contributed by atoms with E-state index in [1.165, 1.54) is 44.9 Å². The Morgan fingerprint density at radius 3 is 1.90 bits per heavy atom. The fourth-order valence-electron chi connectivity index (χ4n) is 2.47. The van der Waals surface area contributed by atoms with Gasteiger partial charge in [0.2, 0.25) is 0 Å². The molecular formula is C15H32O4S. The second-order valence-electron chi connectivity index (χ2n) is 5.63. The lowest BCUT2D eigenvalue weighted by molar-refractivity contribution is 0.206. The van der Waals surface area contributed by atoms with E-state index in [1.54, 1.807) is 0 Å². The van der Waals surface area contributed by atoms with Crippen molar-refractivity contribution in [3.8, 4) is 0 Å². The van der Waals surface area contributed by atoms with Gasteiger partial charge in [0.1, 0.15) is 0 Å². The quantitative estimate of drug-likeness (QED) is 0.371. The molecule has 0 rings (SSSR count). The van der Waals surface area contributed by atoms with Crippen molar-refractivity contribution >= 4 is 10.4 Å². The van der Waals surface area contributed by atoms with E-state index in [-0.39, 0.29) is 12.5 Å². The standard InChI is InChI=1S/C15H32O4S/c1-3-5-6-7-8-9-10-11-13-15(12-4-2)14-19-20(16,17)18/h15H,3-14H2,1-2H3,(H,16,17,18). The van der Waals surface area contributed by atoms with Crippen LogP contribution in [0.1, 0.15) is 84.5 Å². The highest BCUT2D eigenvalue weighted by Gasteiger charge is 2.12. The lowest BCUT2D eigenvalue weighted by Gasteiger charge is -2.14. The minimum absolute atomic E-state index is 0.114. The smallest absolute Gasteiger partial charge is 0.264 e. The van der Waals surface area contributed by atoms with Crippen molar-refractivity contribution in [1.29, 1.82) is 0 Å². The van der Waals surface area contributed by atoms with Crippen molar-refractivity contribution in [2.75, 3.05) is 6.61 Å². The summed E-state index contributed by atoms with van der Waals surface area (Å²) >= 11 is 0. The van der Waals surface area contributed by atoms with Crippen LogP contribution in [-0.2, 0) is 14.6 Å². The van der Waals surface area contributed by atoms with Gasteiger partial charge in [-0.3, -0.25) is 4.55 Å². The zero-order valence-corrected chi connectivity index (χ0v) is 14.0. The molecular weight excluding hydrogens is 276 g/mol. The van der Waals surface area contributed by atoms with E-state index in [0.29, 0.717) is 0 Å². The Morgan fingerprint density at radius 1 is 0.850 bits per heavy atom. The first-order valence-corrected chi connectivity index (χ1v) is 9.48. The molecule has 0 aromatic heterocycles. The van der Waals surface area contributed by atoms with Gasteiger partial charge >= 0.3 is 10.4 Å². The van der Waals surface area contributed by atoms with Crippen LogP contribution in [0.25, 0.3) is 0 Å². The van der Waals surface area contributed by atoms with Gasteiger partial charge in [-0.05, 0) is 18.8 Å². The fourth-order valence-corrected chi connectivity index (χ4v) is 2.83. The van der Waals surface area contributed by atoms with E-state index in [0.717, 1.165) is 25.7 Å². The molecule has 122 valence electrons. The van der Waals surface area contributed by atoms with Crippen LogP contribution in [-0.4, -0.2) is 19.6 Å². The van der Waals surface area contributed by atoms with Gasteiger partial charge in [-0.15, -0.1) is 0 Å². The summed E-state index contributed by atoms with van der Waals surface area (Å²) in [4.78, 5) is 0. The van der Waals surface area contributed by atoms with Crippen molar-refractivity contribution in [3.63, 3.8) is 0 Å². The second-order valence-corrected chi connectivity index (χ2v) is 6.72. The average molecular weight is 308 g/mol. The number of hydrogen-bond donors (Lipinski definition) is 1. The molecule has 0 spiro atoms. The second kappa shape index (κ2) is 12.6. The Bertz CT molecular complexity index is 301. The SMILES string of the molecule is CCCCCCCCCCC(CCC)COS(=O)(=O)O. The summed E-state index contributed by atoms with van der Waals surface area (Å²) in [6, 6.07) is 0. The lowest BCUT2D eigenvalue weighted by Crippen LogP contribution is -2.14. The minimum Gasteiger partial charge on any atom is -0.264 e. The van der Waals surface area contributed by atoms with Gasteiger partial charge in [-0.1, -0.05) is 71.6 Å². The van der Waals surface area contributed by atoms with E-state index in [4.69, 9.17) is 4.55 Å². The maximum atomic E-state index is 10.6. The monoisotopic (exact) mass is 308 g/mol. The number of unbranched alkanes of at least 4 members (excludes halogenated alkanes) is 7. The van der Waals surface area contributed by atoms with E-state index in [2.05, 4.69) is 18.0 Å². The van der Waals surface area contributed by atoms with Crippen LogP contribution < -0.4 is 0 Å². The Labute approximate surface area is 125 Å². The van der Waals surface area contributed by atoms with Crippen molar-refractivity contribution < 1.29 is 17.2 Å². The summed E-state index contributed by atoms with van der Waals surface area (Å²) < 4.78 is 34.2. The summed E-state index contributed by atoms with van der Waals surface area (Å²) in [7, 11) is -4.29. The van der Waals surface area contributed by atoms with Gasteiger partial charge in [0.15, 0.2) is 0 Å². The van der Waals surface area contributed by atoms with Gasteiger partial charge in [0.05, 0.1) is 6.61 Å². The number of rotatable bonds is 14. The predicted molar refractivity (Wildman–Crippen MR) is 83.1 cm³/mol. The molecule has 1 atom stereocenters. The van der Waals surface area contributed by atoms with Gasteiger partial charge in [0, 0.05) is 0 Å². The molecule has 0 aromatic carbocycles. The van der Waals surface area contributed by atoms with Gasteiger partial charge in [0.25, 0.3) is 0 Å². The Morgan fingerprint density at radius 2 is 1.40 bits per heavy atom. The zero-order valence-electron chi connectivity index (χ0n) is 13.1. The van der Waals surface area contributed by atoms with Crippen molar-refractivity contribution in [2.24, 2.45) is 5.92 Å². The highest BCUT2D eigenvalue weighted by Crippen LogP contribution is 2.18. The molecule has 1 unspecified atom stereocenters. The molecule has 0 saturated carbocycles. The first-order chi connectivity index (χ1) is 9.49. The van der Waals surface area contributed by atoms with Crippen LogP contribution in [0.5, 0.6) is 0 Å². The topological polar surface area (TPSA) is 63.6 Å². The van der Waals surface area contributed by atoms with Crippen molar-refractivity contribution in [1.82, 2.24) is 0 Å². The summed E-state index contributed by atoms with van der Waals surface area (Å²) in [5, 5.41) is 0. The van der Waals surface area contributed by atoms with E-state index in [9.17, 15) is 8.42 Å². The van der Waals surface area contributed by atoms with Crippen LogP contribution in [0.4, 0.5) is 0 Å². The van der Waals surface area contributed by atoms with Crippen LogP contribution in [0.2, 0.25) is 0 Å². The molecule has 0 radical (unpaired) electrons. The minimum atomic E-state index is -4.29. The first-order valence-electron chi connectivity index (χ1n) is 8.11. The lowest BCUT2D eigenvalue weighted by atomic mass is 9.97.